The fraction of sp³-hybridized carbons (Fsp3) is 0.111. The monoisotopic (exact) mass is 211 g/mol. The summed E-state index contributed by atoms with van der Waals surface area (Å²) in [5, 5.41) is 0.252. The van der Waals surface area contributed by atoms with Crippen molar-refractivity contribution >= 4 is 29.3 Å². The number of isocyanates is 1. The van der Waals surface area contributed by atoms with Gasteiger partial charge in [-0.1, -0.05) is 11.6 Å². The summed E-state index contributed by atoms with van der Waals surface area (Å²) in [6.07, 6.45) is 1.37. The molecule has 0 amide bonds. The quantitative estimate of drug-likeness (QED) is 0.428. The second kappa shape index (κ2) is 4.56. The molecule has 0 heterocycles. The molecule has 1 rings (SSSR count). The van der Waals surface area contributed by atoms with Gasteiger partial charge in [0.2, 0.25) is 6.08 Å². The van der Waals surface area contributed by atoms with Gasteiger partial charge in [0.1, 0.15) is 0 Å². The van der Waals surface area contributed by atoms with E-state index in [9.17, 15) is 9.59 Å². The van der Waals surface area contributed by atoms with Crippen molar-refractivity contribution in [2.24, 2.45) is 4.99 Å². The lowest BCUT2D eigenvalue weighted by Gasteiger charge is -2.01. The molecule has 0 bridgehead atoms. The minimum atomic E-state index is -0.571. The van der Waals surface area contributed by atoms with Gasteiger partial charge in [-0.05, 0) is 18.2 Å². The maximum Gasteiger partial charge on any atom is 0.339 e. The van der Waals surface area contributed by atoms with Crippen molar-refractivity contribution in [3.8, 4) is 0 Å². The number of benzene rings is 1. The third-order valence-electron chi connectivity index (χ3n) is 1.53. The highest BCUT2D eigenvalue weighted by Crippen LogP contribution is 2.22. The molecule has 0 unspecified atom stereocenters. The van der Waals surface area contributed by atoms with Crippen LogP contribution in [0.15, 0.2) is 23.2 Å². The fourth-order valence-electron chi connectivity index (χ4n) is 0.902. The zero-order valence-electron chi connectivity index (χ0n) is 7.28. The zero-order valence-corrected chi connectivity index (χ0v) is 8.04. The van der Waals surface area contributed by atoms with Gasteiger partial charge in [-0.15, -0.1) is 0 Å². The number of ether oxygens (including phenoxy) is 1. The smallest absolute Gasteiger partial charge is 0.339 e. The Morgan fingerprint density at radius 3 is 2.86 bits per heavy atom. The largest absolute Gasteiger partial charge is 0.465 e. The maximum absolute atomic E-state index is 11.1. The molecule has 1 aromatic carbocycles. The molecule has 14 heavy (non-hydrogen) atoms. The van der Waals surface area contributed by atoms with E-state index in [0.29, 0.717) is 5.69 Å². The first kappa shape index (κ1) is 10.4. The molecule has 0 aliphatic rings. The summed E-state index contributed by atoms with van der Waals surface area (Å²) in [7, 11) is 1.24. The van der Waals surface area contributed by atoms with Gasteiger partial charge in [-0.3, -0.25) is 0 Å². The number of hydrogen-bond donors (Lipinski definition) is 0. The van der Waals surface area contributed by atoms with Crippen LogP contribution in [0.5, 0.6) is 0 Å². The molecular formula is C9H6ClNO3. The van der Waals surface area contributed by atoms with Crippen LogP contribution in [-0.2, 0) is 9.53 Å². The third-order valence-corrected chi connectivity index (χ3v) is 1.86. The highest BCUT2D eigenvalue weighted by molar-refractivity contribution is 6.33. The molecule has 0 saturated carbocycles. The third kappa shape index (κ3) is 2.19. The molecule has 1 aromatic rings. The molecule has 5 heteroatoms. The van der Waals surface area contributed by atoms with Crippen molar-refractivity contribution in [2.75, 3.05) is 7.11 Å². The van der Waals surface area contributed by atoms with Crippen molar-refractivity contribution in [1.82, 2.24) is 0 Å². The van der Waals surface area contributed by atoms with Gasteiger partial charge in [0.15, 0.2) is 0 Å². The average Bonchev–Trinajstić information content (AvgIpc) is 2.20. The number of hydrogen-bond acceptors (Lipinski definition) is 4. The second-order valence-electron chi connectivity index (χ2n) is 2.36. The van der Waals surface area contributed by atoms with Crippen LogP contribution in [-0.4, -0.2) is 19.2 Å². The Hall–Kier alpha value is -1.64. The fourth-order valence-corrected chi connectivity index (χ4v) is 1.10. The van der Waals surface area contributed by atoms with Gasteiger partial charge in [0, 0.05) is 0 Å². The van der Waals surface area contributed by atoms with E-state index in [-0.39, 0.29) is 10.6 Å². The van der Waals surface area contributed by atoms with Gasteiger partial charge in [0.25, 0.3) is 0 Å². The van der Waals surface area contributed by atoms with E-state index < -0.39 is 5.97 Å². The lowest BCUT2D eigenvalue weighted by molar-refractivity contribution is 0.0601. The number of rotatable bonds is 2. The van der Waals surface area contributed by atoms with E-state index >= 15 is 0 Å². The highest BCUT2D eigenvalue weighted by Gasteiger charge is 2.10. The van der Waals surface area contributed by atoms with Crippen LogP contribution in [0, 0.1) is 0 Å². The molecule has 0 spiro atoms. The summed E-state index contributed by atoms with van der Waals surface area (Å²) >= 11 is 5.73. The minimum Gasteiger partial charge on any atom is -0.465 e. The Morgan fingerprint density at radius 1 is 1.57 bits per heavy atom. The Bertz CT molecular complexity index is 411. The van der Waals surface area contributed by atoms with Gasteiger partial charge < -0.3 is 4.74 Å². The number of halogens is 1. The standard InChI is InChI=1S/C9H6ClNO3/c1-14-9(13)7-4-6(11-5-12)2-3-8(7)10/h2-4H,1H3. The SMILES string of the molecule is COC(=O)c1cc(N=C=O)ccc1Cl. The second-order valence-corrected chi connectivity index (χ2v) is 2.77. The number of esters is 1. The number of nitrogens with zero attached hydrogens (tertiary/aromatic N) is 1. The highest BCUT2D eigenvalue weighted by atomic mass is 35.5. The van der Waals surface area contributed by atoms with Gasteiger partial charge in [-0.25, -0.2) is 9.59 Å². The van der Waals surface area contributed by atoms with Crippen LogP contribution in [0.2, 0.25) is 5.02 Å². The predicted molar refractivity (Wildman–Crippen MR) is 50.6 cm³/mol. The van der Waals surface area contributed by atoms with E-state index in [0.717, 1.165) is 0 Å². The van der Waals surface area contributed by atoms with Crippen LogP contribution in [0.3, 0.4) is 0 Å². The molecule has 0 aromatic heterocycles. The Kier molecular flexibility index (Phi) is 3.40. The number of methoxy groups -OCH3 is 1. The van der Waals surface area contributed by atoms with E-state index in [2.05, 4.69) is 9.73 Å². The van der Waals surface area contributed by atoms with Crippen molar-refractivity contribution < 1.29 is 14.3 Å². The summed E-state index contributed by atoms with van der Waals surface area (Å²) in [5.41, 5.74) is 0.482. The topological polar surface area (TPSA) is 55.7 Å². The Labute approximate surface area is 85.2 Å². The lowest BCUT2D eigenvalue weighted by atomic mass is 10.2. The molecule has 0 aliphatic carbocycles. The molecule has 0 N–H and O–H groups in total. The van der Waals surface area contributed by atoms with Gasteiger partial charge in [0.05, 0.1) is 23.4 Å². The van der Waals surface area contributed by atoms with Gasteiger partial charge in [-0.2, -0.15) is 4.99 Å². The van der Waals surface area contributed by atoms with Crippen LogP contribution in [0.1, 0.15) is 10.4 Å². The summed E-state index contributed by atoms with van der Waals surface area (Å²) in [4.78, 5) is 24.5. The van der Waals surface area contributed by atoms with E-state index in [1.54, 1.807) is 0 Å². The lowest BCUT2D eigenvalue weighted by Crippen LogP contribution is -2.01. The predicted octanol–water partition coefficient (Wildman–Crippen LogP) is 2.09. The van der Waals surface area contributed by atoms with Crippen molar-refractivity contribution in [2.45, 2.75) is 0 Å². The van der Waals surface area contributed by atoms with Crippen molar-refractivity contribution in [1.29, 1.82) is 0 Å². The first-order chi connectivity index (χ1) is 6.69. The summed E-state index contributed by atoms with van der Waals surface area (Å²) in [6.45, 7) is 0. The van der Waals surface area contributed by atoms with Crippen LogP contribution < -0.4 is 0 Å². The molecule has 0 aliphatic heterocycles. The number of carbonyl (C=O) groups is 1. The Morgan fingerprint density at radius 2 is 2.29 bits per heavy atom. The van der Waals surface area contributed by atoms with E-state index in [1.807, 2.05) is 0 Å². The number of carbonyl (C=O) groups excluding carboxylic acids is 2. The molecule has 0 saturated heterocycles. The zero-order chi connectivity index (χ0) is 10.6. The Balaban J connectivity index is 3.20. The van der Waals surface area contributed by atoms with E-state index in [1.165, 1.54) is 31.4 Å². The van der Waals surface area contributed by atoms with Crippen LogP contribution in [0.25, 0.3) is 0 Å². The normalized spacial score (nSPS) is 9.00. The van der Waals surface area contributed by atoms with Crippen molar-refractivity contribution in [3.05, 3.63) is 28.8 Å². The number of aliphatic imine (C=N–C) groups is 1. The molecule has 0 fully saturated rings. The van der Waals surface area contributed by atoms with Gasteiger partial charge >= 0.3 is 5.97 Å². The van der Waals surface area contributed by atoms with Crippen LogP contribution in [0.4, 0.5) is 5.69 Å². The molecule has 4 nitrogen and oxygen atoms in total. The summed E-state index contributed by atoms with van der Waals surface area (Å²) in [5.74, 6) is -0.571. The first-order valence-electron chi connectivity index (χ1n) is 3.64. The van der Waals surface area contributed by atoms with Crippen LogP contribution >= 0.6 is 11.6 Å². The average molecular weight is 212 g/mol. The first-order valence-corrected chi connectivity index (χ1v) is 4.02. The molecule has 72 valence electrons. The molecular weight excluding hydrogens is 206 g/mol. The minimum absolute atomic E-state index is 0.172. The van der Waals surface area contributed by atoms with E-state index in [4.69, 9.17) is 11.6 Å². The summed E-state index contributed by atoms with van der Waals surface area (Å²) in [6, 6.07) is 4.32. The molecule has 0 radical (unpaired) electrons. The molecule has 0 atom stereocenters. The summed E-state index contributed by atoms with van der Waals surface area (Å²) < 4.78 is 4.49. The maximum atomic E-state index is 11.1. The van der Waals surface area contributed by atoms with Crippen molar-refractivity contribution in [3.63, 3.8) is 0 Å².